The van der Waals surface area contributed by atoms with E-state index >= 15 is 0 Å². The number of rotatable bonds is 6. The number of aromatic nitrogens is 2. The Morgan fingerprint density at radius 1 is 1.16 bits per heavy atom. The van der Waals surface area contributed by atoms with Crippen LogP contribution in [-0.4, -0.2) is 47.9 Å². The number of nitrogens with one attached hydrogen (secondary N) is 1. The molecule has 37 heavy (non-hydrogen) atoms. The van der Waals surface area contributed by atoms with E-state index in [4.69, 9.17) is 14.2 Å². The number of allylic oxidation sites excluding steroid dienone is 1. The van der Waals surface area contributed by atoms with Crippen LogP contribution < -0.4 is 10.1 Å². The number of ether oxygens (including phenoxy) is 3. The molecular weight excluding hydrogens is 470 g/mol. The van der Waals surface area contributed by atoms with Crippen molar-refractivity contribution in [1.82, 2.24) is 15.3 Å². The van der Waals surface area contributed by atoms with Crippen LogP contribution in [0.2, 0.25) is 0 Å². The van der Waals surface area contributed by atoms with Gasteiger partial charge in [-0.15, -0.1) is 0 Å². The number of nitrogens with zero attached hydrogens (tertiary/aromatic N) is 2. The largest absolute Gasteiger partial charge is 0.495 e. The molecule has 1 aliphatic heterocycles. The van der Waals surface area contributed by atoms with E-state index < -0.39 is 0 Å². The number of esters is 1. The van der Waals surface area contributed by atoms with E-state index in [9.17, 15) is 9.59 Å². The number of fused-ring (bicyclic) bond motifs is 2. The van der Waals surface area contributed by atoms with Gasteiger partial charge in [0.05, 0.1) is 37.2 Å². The van der Waals surface area contributed by atoms with E-state index in [1.165, 1.54) is 0 Å². The first-order chi connectivity index (χ1) is 18.0. The molecule has 0 unspecified atom stereocenters. The van der Waals surface area contributed by atoms with Crippen molar-refractivity contribution in [3.63, 3.8) is 0 Å². The normalized spacial score (nSPS) is 30.8. The number of amides is 1. The summed E-state index contributed by atoms with van der Waals surface area (Å²) >= 11 is 0. The van der Waals surface area contributed by atoms with Gasteiger partial charge < -0.3 is 19.5 Å². The molecule has 0 spiro atoms. The fourth-order valence-electron chi connectivity index (χ4n) is 6.62. The highest BCUT2D eigenvalue weighted by molar-refractivity contribution is 5.75. The molecular formula is C29H35N3O5. The minimum Gasteiger partial charge on any atom is -0.495 e. The molecule has 0 radical (unpaired) electrons. The summed E-state index contributed by atoms with van der Waals surface area (Å²) in [4.78, 5) is 33.8. The number of carbonyl (C=O) groups excluding carboxylic acids is 2. The van der Waals surface area contributed by atoms with Crippen molar-refractivity contribution in [2.75, 3.05) is 13.7 Å². The minimum atomic E-state index is -0.357. The van der Waals surface area contributed by atoms with Crippen LogP contribution in [0.4, 0.5) is 4.79 Å². The van der Waals surface area contributed by atoms with Crippen LogP contribution >= 0.6 is 0 Å². The molecule has 8 heteroatoms. The van der Waals surface area contributed by atoms with Gasteiger partial charge in [0.15, 0.2) is 0 Å². The van der Waals surface area contributed by atoms with E-state index in [-0.39, 0.29) is 42.0 Å². The Labute approximate surface area is 217 Å². The lowest BCUT2D eigenvalue weighted by molar-refractivity contribution is -0.144. The third-order valence-corrected chi connectivity index (χ3v) is 8.29. The van der Waals surface area contributed by atoms with Crippen molar-refractivity contribution in [1.29, 1.82) is 0 Å². The average molecular weight is 506 g/mol. The summed E-state index contributed by atoms with van der Waals surface area (Å²) in [6.45, 7) is 4.18. The molecule has 3 aliphatic rings. The molecule has 0 bridgehead atoms. The number of hydrogen-bond acceptors (Lipinski definition) is 7. The van der Waals surface area contributed by atoms with Gasteiger partial charge in [-0.2, -0.15) is 0 Å². The van der Waals surface area contributed by atoms with Gasteiger partial charge in [-0.3, -0.25) is 14.8 Å². The average Bonchev–Trinajstić information content (AvgIpc) is 3.19. The lowest BCUT2D eigenvalue weighted by Gasteiger charge is -2.47. The smallest absolute Gasteiger partial charge is 0.407 e. The van der Waals surface area contributed by atoms with Crippen LogP contribution in [0.1, 0.15) is 45.2 Å². The zero-order valence-corrected chi connectivity index (χ0v) is 21.6. The summed E-state index contributed by atoms with van der Waals surface area (Å²) in [7, 11) is 1.62. The van der Waals surface area contributed by atoms with Crippen LogP contribution in [0.3, 0.4) is 0 Å². The molecule has 3 heterocycles. The van der Waals surface area contributed by atoms with Crippen LogP contribution in [0.5, 0.6) is 5.75 Å². The van der Waals surface area contributed by atoms with Crippen LogP contribution in [0.25, 0.3) is 17.3 Å². The lowest BCUT2D eigenvalue weighted by atomic mass is 9.57. The molecule has 2 aromatic heterocycles. The van der Waals surface area contributed by atoms with Gasteiger partial charge in [0.1, 0.15) is 11.9 Å². The van der Waals surface area contributed by atoms with Crippen molar-refractivity contribution in [3.05, 3.63) is 48.4 Å². The maximum absolute atomic E-state index is 12.7. The van der Waals surface area contributed by atoms with Crippen molar-refractivity contribution >= 4 is 18.1 Å². The second-order valence-corrected chi connectivity index (χ2v) is 10.4. The second kappa shape index (κ2) is 10.9. The van der Waals surface area contributed by atoms with Crippen molar-refractivity contribution in [3.8, 4) is 17.0 Å². The van der Waals surface area contributed by atoms with E-state index in [0.29, 0.717) is 18.4 Å². The summed E-state index contributed by atoms with van der Waals surface area (Å²) in [6.07, 6.45) is 11.0. The highest BCUT2D eigenvalue weighted by Gasteiger charge is 2.54. The van der Waals surface area contributed by atoms with Gasteiger partial charge in [0, 0.05) is 23.7 Å². The van der Waals surface area contributed by atoms with E-state index in [2.05, 4.69) is 27.4 Å². The monoisotopic (exact) mass is 505 g/mol. The SMILES string of the molecule is CCOC(=O)N[C@@H]1CC[C@@H]2[C@@H](C1)C[C@H]1C(=O)O[C@H](C)[C@H]1[C@H]2/C=C/c1ccc(-c2ccc(OC)cn2)cn1. The molecule has 2 saturated carbocycles. The number of pyridine rings is 2. The van der Waals surface area contributed by atoms with Crippen molar-refractivity contribution < 1.29 is 23.8 Å². The number of methoxy groups -OCH3 is 1. The molecule has 5 rings (SSSR count). The zero-order valence-electron chi connectivity index (χ0n) is 21.6. The summed E-state index contributed by atoms with van der Waals surface area (Å²) in [5.41, 5.74) is 2.64. The number of carbonyl (C=O) groups is 2. The standard InChI is InChI=1S/C29H35N3O5/c1-4-36-29(34)32-21-8-10-23-19(13-21)14-25-27(17(2)37-28(25)33)24(23)11-7-20-6-5-18(15-30-20)26-12-9-22(35-3)16-31-26/h5-7,9,11-12,15-17,19,21,23-25,27H,4,8,10,13-14H2,1-3H3,(H,32,34)/b11-7+/t17-,19+,21-,23-,24+,25-,27+/m1/s1. The molecule has 1 amide bonds. The summed E-state index contributed by atoms with van der Waals surface area (Å²) in [6, 6.07) is 7.90. The molecule has 2 aromatic rings. The van der Waals surface area contributed by atoms with Gasteiger partial charge in [-0.25, -0.2) is 4.79 Å². The summed E-state index contributed by atoms with van der Waals surface area (Å²) < 4.78 is 16.0. The Hall–Kier alpha value is -3.42. The molecule has 7 atom stereocenters. The predicted octanol–water partition coefficient (Wildman–Crippen LogP) is 4.89. The fraction of sp³-hybridized carbons (Fsp3) is 0.517. The molecule has 196 valence electrons. The van der Waals surface area contributed by atoms with Gasteiger partial charge in [0.25, 0.3) is 0 Å². The quantitative estimate of drug-likeness (QED) is 0.558. The molecule has 0 aromatic carbocycles. The first-order valence-electron chi connectivity index (χ1n) is 13.2. The Morgan fingerprint density at radius 2 is 2.03 bits per heavy atom. The Morgan fingerprint density at radius 3 is 2.73 bits per heavy atom. The third-order valence-electron chi connectivity index (χ3n) is 8.29. The third kappa shape index (κ3) is 5.33. The molecule has 1 saturated heterocycles. The summed E-state index contributed by atoms with van der Waals surface area (Å²) in [5.74, 6) is 1.73. The van der Waals surface area contributed by atoms with Gasteiger partial charge >= 0.3 is 12.1 Å². The maximum Gasteiger partial charge on any atom is 0.407 e. The minimum absolute atomic E-state index is 0.0794. The van der Waals surface area contributed by atoms with Crippen LogP contribution in [-0.2, 0) is 14.3 Å². The van der Waals surface area contributed by atoms with E-state index in [0.717, 1.165) is 48.4 Å². The predicted molar refractivity (Wildman–Crippen MR) is 138 cm³/mol. The topological polar surface area (TPSA) is 99.6 Å². The molecule has 1 N–H and O–H groups in total. The van der Waals surface area contributed by atoms with Crippen LogP contribution in [0.15, 0.2) is 42.7 Å². The first kappa shape index (κ1) is 25.2. The molecule has 8 nitrogen and oxygen atoms in total. The lowest BCUT2D eigenvalue weighted by Crippen LogP contribution is -2.48. The Balaban J connectivity index is 1.32. The van der Waals surface area contributed by atoms with Gasteiger partial charge in [-0.05, 0) is 87.6 Å². The first-order valence-corrected chi connectivity index (χ1v) is 13.2. The van der Waals surface area contributed by atoms with Gasteiger partial charge in [0.2, 0.25) is 0 Å². The Bertz CT molecular complexity index is 1130. The molecule has 2 aliphatic carbocycles. The summed E-state index contributed by atoms with van der Waals surface area (Å²) in [5, 5.41) is 3.01. The van der Waals surface area contributed by atoms with Crippen molar-refractivity contribution in [2.24, 2.45) is 29.6 Å². The fourth-order valence-corrected chi connectivity index (χ4v) is 6.62. The highest BCUT2D eigenvalue weighted by atomic mass is 16.6. The highest BCUT2D eigenvalue weighted by Crippen LogP contribution is 2.53. The van der Waals surface area contributed by atoms with Crippen LogP contribution in [0, 0.1) is 29.6 Å². The maximum atomic E-state index is 12.7. The number of cyclic esters (lactones) is 1. The Kier molecular flexibility index (Phi) is 7.44. The van der Waals surface area contributed by atoms with E-state index in [1.807, 2.05) is 37.4 Å². The zero-order chi connectivity index (χ0) is 25.9. The second-order valence-electron chi connectivity index (χ2n) is 10.4. The number of alkyl carbamates (subject to hydrolysis) is 1. The number of hydrogen-bond donors (Lipinski definition) is 1. The van der Waals surface area contributed by atoms with Crippen molar-refractivity contribution in [2.45, 2.75) is 51.7 Å². The van der Waals surface area contributed by atoms with Gasteiger partial charge in [-0.1, -0.05) is 6.08 Å². The van der Waals surface area contributed by atoms with E-state index in [1.54, 1.807) is 20.2 Å². The molecule has 3 fully saturated rings.